The number of carbonyl (C=O) groups excluding carboxylic acids is 1. The number of hydrogen-bond acceptors (Lipinski definition) is 4. The van der Waals surface area contributed by atoms with Gasteiger partial charge in [-0.15, -0.1) is 13.2 Å². The van der Waals surface area contributed by atoms with Gasteiger partial charge in [0.1, 0.15) is 5.75 Å². The first-order valence-electron chi connectivity index (χ1n) is 8.71. The van der Waals surface area contributed by atoms with Crippen LogP contribution in [0.2, 0.25) is 0 Å². The third-order valence-electron chi connectivity index (χ3n) is 4.20. The fourth-order valence-electron chi connectivity index (χ4n) is 2.92. The van der Waals surface area contributed by atoms with E-state index in [0.717, 1.165) is 31.4 Å². The van der Waals surface area contributed by atoms with Crippen LogP contribution in [-0.4, -0.2) is 36.1 Å². The Labute approximate surface area is 154 Å². The zero-order valence-electron chi connectivity index (χ0n) is 14.6. The molecule has 9 heteroatoms. The zero-order valence-corrected chi connectivity index (χ0v) is 14.6. The predicted molar refractivity (Wildman–Crippen MR) is 89.1 cm³/mol. The summed E-state index contributed by atoms with van der Waals surface area (Å²) in [7, 11) is 0. The molecule has 1 aromatic carbocycles. The van der Waals surface area contributed by atoms with Crippen molar-refractivity contribution in [3.8, 4) is 5.75 Å². The number of carboxylic acids is 1. The van der Waals surface area contributed by atoms with Gasteiger partial charge in [-0.2, -0.15) is 0 Å². The van der Waals surface area contributed by atoms with E-state index < -0.39 is 24.1 Å². The fourth-order valence-corrected chi connectivity index (χ4v) is 2.92. The molecule has 1 aliphatic heterocycles. The van der Waals surface area contributed by atoms with Crippen molar-refractivity contribution >= 4 is 11.9 Å². The molecule has 2 atom stereocenters. The number of halogens is 3. The van der Waals surface area contributed by atoms with E-state index in [1.54, 1.807) is 0 Å². The Bertz CT molecular complexity index is 627. The molecule has 1 saturated heterocycles. The summed E-state index contributed by atoms with van der Waals surface area (Å²) in [5.74, 6) is -1.88. The lowest BCUT2D eigenvalue weighted by molar-refractivity contribution is -0.274. The maximum absolute atomic E-state index is 12.2. The summed E-state index contributed by atoms with van der Waals surface area (Å²) < 4.78 is 46.0. The first kappa shape index (κ1) is 21.0. The van der Waals surface area contributed by atoms with Crippen molar-refractivity contribution in [1.29, 1.82) is 0 Å². The second kappa shape index (κ2) is 9.59. The van der Waals surface area contributed by atoms with Crippen molar-refractivity contribution in [3.05, 3.63) is 29.8 Å². The molecule has 1 amide bonds. The number of carbonyl (C=O) groups is 2. The van der Waals surface area contributed by atoms with Gasteiger partial charge in [0.05, 0.1) is 18.6 Å². The van der Waals surface area contributed by atoms with Crippen molar-refractivity contribution in [3.63, 3.8) is 0 Å². The first-order chi connectivity index (χ1) is 12.7. The molecule has 0 saturated carbocycles. The van der Waals surface area contributed by atoms with Crippen molar-refractivity contribution in [2.75, 3.05) is 6.61 Å². The molecule has 1 heterocycles. The molecular weight excluding hydrogens is 367 g/mol. The first-order valence-corrected chi connectivity index (χ1v) is 8.71. The lowest BCUT2D eigenvalue weighted by Gasteiger charge is -2.23. The fraction of sp³-hybridized carbons (Fsp3) is 0.556. The van der Waals surface area contributed by atoms with Gasteiger partial charge in [-0.1, -0.05) is 12.1 Å². The number of hydrogen-bond donors (Lipinski definition) is 2. The van der Waals surface area contributed by atoms with E-state index in [0.29, 0.717) is 18.6 Å². The van der Waals surface area contributed by atoms with Crippen LogP contribution in [0.5, 0.6) is 5.75 Å². The molecule has 1 fully saturated rings. The summed E-state index contributed by atoms with van der Waals surface area (Å²) in [6.45, 7) is 0.681. The molecule has 0 aliphatic carbocycles. The molecule has 0 spiro atoms. The molecule has 0 aromatic heterocycles. The summed E-state index contributed by atoms with van der Waals surface area (Å²) in [6, 6.07) is 3.93. The van der Waals surface area contributed by atoms with E-state index in [-0.39, 0.29) is 24.9 Å². The lowest BCUT2D eigenvalue weighted by Crippen LogP contribution is -2.31. The van der Waals surface area contributed by atoms with Crippen LogP contribution in [0, 0.1) is 0 Å². The smallest absolute Gasteiger partial charge is 0.481 e. The predicted octanol–water partition coefficient (Wildman–Crippen LogP) is 3.57. The number of benzene rings is 1. The van der Waals surface area contributed by atoms with Crippen LogP contribution in [0.25, 0.3) is 0 Å². The topological polar surface area (TPSA) is 84.9 Å². The maximum atomic E-state index is 12.2. The standard InChI is InChI=1S/C18H22F3NO5/c19-18(20,21)27-14-6-4-12(5-7-14)15(11-17(24)25)22-16(23)9-8-13-3-1-2-10-26-13/h4-7,13,15H,1-3,8-11H2,(H,22,23)(H,24,25). The number of amides is 1. The van der Waals surface area contributed by atoms with E-state index in [1.165, 1.54) is 12.1 Å². The van der Waals surface area contributed by atoms with E-state index in [2.05, 4.69) is 10.1 Å². The number of alkyl halides is 3. The van der Waals surface area contributed by atoms with Crippen molar-refractivity contribution < 1.29 is 37.3 Å². The van der Waals surface area contributed by atoms with Crippen LogP contribution in [-0.2, 0) is 14.3 Å². The molecule has 6 nitrogen and oxygen atoms in total. The van der Waals surface area contributed by atoms with Gasteiger partial charge in [-0.25, -0.2) is 0 Å². The van der Waals surface area contributed by atoms with Crippen LogP contribution >= 0.6 is 0 Å². The second-order valence-electron chi connectivity index (χ2n) is 6.36. The summed E-state index contributed by atoms with van der Waals surface area (Å²) in [4.78, 5) is 23.3. The normalized spacial score (nSPS) is 18.6. The molecule has 0 bridgehead atoms. The van der Waals surface area contributed by atoms with Gasteiger partial charge >= 0.3 is 12.3 Å². The van der Waals surface area contributed by atoms with Crippen molar-refractivity contribution in [1.82, 2.24) is 5.32 Å². The third kappa shape index (κ3) is 7.86. The number of aliphatic carboxylic acids is 1. The number of nitrogens with one attached hydrogen (secondary N) is 1. The highest BCUT2D eigenvalue weighted by Crippen LogP contribution is 2.26. The van der Waals surface area contributed by atoms with Gasteiger partial charge in [0.2, 0.25) is 5.91 Å². The van der Waals surface area contributed by atoms with Crippen LogP contribution < -0.4 is 10.1 Å². The van der Waals surface area contributed by atoms with Crippen molar-refractivity contribution in [2.24, 2.45) is 0 Å². The largest absolute Gasteiger partial charge is 0.573 e. The highest BCUT2D eigenvalue weighted by Gasteiger charge is 2.31. The number of rotatable bonds is 8. The Morgan fingerprint density at radius 1 is 1.26 bits per heavy atom. The summed E-state index contributed by atoms with van der Waals surface area (Å²) in [5, 5.41) is 11.7. The van der Waals surface area contributed by atoms with Crippen LogP contribution in [0.4, 0.5) is 13.2 Å². The minimum atomic E-state index is -4.81. The van der Waals surface area contributed by atoms with Gasteiger partial charge in [0.25, 0.3) is 0 Å². The van der Waals surface area contributed by atoms with E-state index >= 15 is 0 Å². The lowest BCUT2D eigenvalue weighted by atomic mass is 10.0. The van der Waals surface area contributed by atoms with Gasteiger partial charge in [0.15, 0.2) is 0 Å². The molecule has 0 radical (unpaired) electrons. The van der Waals surface area contributed by atoms with Crippen molar-refractivity contribution in [2.45, 2.75) is 57.0 Å². The summed E-state index contributed by atoms with van der Waals surface area (Å²) in [5.41, 5.74) is 0.384. The summed E-state index contributed by atoms with van der Waals surface area (Å²) >= 11 is 0. The molecule has 1 aliphatic rings. The molecule has 2 unspecified atom stereocenters. The highest BCUT2D eigenvalue weighted by atomic mass is 19.4. The summed E-state index contributed by atoms with van der Waals surface area (Å²) in [6.07, 6.45) is -1.46. The van der Waals surface area contributed by atoms with Crippen LogP contribution in [0.1, 0.15) is 50.1 Å². The Kier molecular flexibility index (Phi) is 7.46. The van der Waals surface area contributed by atoms with Gasteiger partial charge < -0.3 is 19.9 Å². The average molecular weight is 389 g/mol. The quantitative estimate of drug-likeness (QED) is 0.710. The van der Waals surface area contributed by atoms with E-state index in [1.807, 2.05) is 0 Å². The van der Waals surface area contributed by atoms with E-state index in [4.69, 9.17) is 9.84 Å². The third-order valence-corrected chi connectivity index (χ3v) is 4.20. The molecular formula is C18H22F3NO5. The highest BCUT2D eigenvalue weighted by molar-refractivity contribution is 5.77. The average Bonchev–Trinajstić information content (AvgIpc) is 2.59. The molecule has 27 heavy (non-hydrogen) atoms. The second-order valence-corrected chi connectivity index (χ2v) is 6.36. The van der Waals surface area contributed by atoms with Crippen LogP contribution in [0.15, 0.2) is 24.3 Å². The molecule has 2 rings (SSSR count). The molecule has 150 valence electrons. The number of ether oxygens (including phenoxy) is 2. The Hall–Kier alpha value is -2.29. The van der Waals surface area contributed by atoms with Gasteiger partial charge in [-0.05, 0) is 43.4 Å². The number of carboxylic acid groups (broad SMARTS) is 1. The van der Waals surface area contributed by atoms with Crippen LogP contribution in [0.3, 0.4) is 0 Å². The Balaban J connectivity index is 1.95. The SMILES string of the molecule is O=C(O)CC(NC(=O)CCC1CCCCO1)c1ccc(OC(F)(F)F)cc1. The van der Waals surface area contributed by atoms with Gasteiger partial charge in [-0.3, -0.25) is 9.59 Å². The maximum Gasteiger partial charge on any atom is 0.573 e. The Morgan fingerprint density at radius 2 is 1.96 bits per heavy atom. The minimum Gasteiger partial charge on any atom is -0.481 e. The Morgan fingerprint density at radius 3 is 2.52 bits per heavy atom. The minimum absolute atomic E-state index is 0.0289. The monoisotopic (exact) mass is 389 g/mol. The molecule has 1 aromatic rings. The van der Waals surface area contributed by atoms with E-state index in [9.17, 15) is 22.8 Å². The zero-order chi connectivity index (χ0) is 19.9. The molecule has 2 N–H and O–H groups in total. The van der Waals surface area contributed by atoms with Gasteiger partial charge in [0, 0.05) is 13.0 Å².